The van der Waals surface area contributed by atoms with Gasteiger partial charge in [-0.05, 0) is 19.8 Å². The van der Waals surface area contributed by atoms with Gasteiger partial charge in [0.1, 0.15) is 17.3 Å². The number of morpholine rings is 1. The van der Waals surface area contributed by atoms with Gasteiger partial charge in [0.2, 0.25) is 0 Å². The molecule has 1 saturated carbocycles. The second kappa shape index (κ2) is 9.83. The molecular weight excluding hydrogens is 330 g/mol. The first kappa shape index (κ1) is 19.0. The molecule has 1 aromatic heterocycles. The molecule has 2 heterocycles. The van der Waals surface area contributed by atoms with Crippen LogP contribution in [0.25, 0.3) is 0 Å². The molecule has 0 aromatic carbocycles. The number of nitrogens with one attached hydrogen (secondary N) is 2. The van der Waals surface area contributed by atoms with Crippen molar-refractivity contribution < 1.29 is 9.53 Å². The second-order valence-corrected chi connectivity index (χ2v) is 7.23. The first-order chi connectivity index (χ1) is 12.7. The van der Waals surface area contributed by atoms with E-state index in [1.54, 1.807) is 6.07 Å². The number of carbonyl (C=O) groups excluding carboxylic acids is 1. The lowest BCUT2D eigenvalue weighted by molar-refractivity contribution is 0.0383. The molecule has 0 spiro atoms. The van der Waals surface area contributed by atoms with E-state index in [0.29, 0.717) is 24.1 Å². The van der Waals surface area contributed by atoms with Crippen molar-refractivity contribution in [3.05, 3.63) is 17.6 Å². The maximum atomic E-state index is 12.5. The third-order valence-corrected chi connectivity index (χ3v) is 5.10. The molecule has 0 radical (unpaired) electrons. The number of hydrogen-bond donors (Lipinski definition) is 2. The van der Waals surface area contributed by atoms with Crippen LogP contribution in [0.4, 0.5) is 5.82 Å². The minimum Gasteiger partial charge on any atom is -0.379 e. The Bertz CT molecular complexity index is 581. The predicted octanol–water partition coefficient (Wildman–Crippen LogP) is 1.98. The highest BCUT2D eigenvalue weighted by Gasteiger charge is 2.16. The van der Waals surface area contributed by atoms with E-state index in [2.05, 4.69) is 25.5 Å². The van der Waals surface area contributed by atoms with Gasteiger partial charge < -0.3 is 15.4 Å². The van der Waals surface area contributed by atoms with Crippen LogP contribution in [0.15, 0.2) is 6.07 Å². The van der Waals surface area contributed by atoms with Crippen LogP contribution in [-0.4, -0.2) is 66.2 Å². The van der Waals surface area contributed by atoms with Gasteiger partial charge in [0.05, 0.1) is 13.2 Å². The minimum absolute atomic E-state index is 0.132. The van der Waals surface area contributed by atoms with Gasteiger partial charge in [-0.15, -0.1) is 0 Å². The van der Waals surface area contributed by atoms with Crippen molar-refractivity contribution in [1.82, 2.24) is 20.2 Å². The smallest absolute Gasteiger partial charge is 0.270 e. The molecule has 1 amide bonds. The van der Waals surface area contributed by atoms with Crippen LogP contribution >= 0.6 is 0 Å². The molecule has 2 aliphatic rings. The monoisotopic (exact) mass is 361 g/mol. The zero-order chi connectivity index (χ0) is 18.2. The zero-order valence-electron chi connectivity index (χ0n) is 15.8. The molecule has 1 aromatic rings. The third kappa shape index (κ3) is 5.92. The number of aromatic nitrogens is 2. The van der Waals surface area contributed by atoms with E-state index in [1.165, 1.54) is 38.5 Å². The van der Waals surface area contributed by atoms with Gasteiger partial charge >= 0.3 is 0 Å². The fourth-order valence-corrected chi connectivity index (χ4v) is 3.63. The van der Waals surface area contributed by atoms with Gasteiger partial charge in [-0.2, -0.15) is 0 Å². The van der Waals surface area contributed by atoms with E-state index in [-0.39, 0.29) is 5.91 Å². The third-order valence-electron chi connectivity index (χ3n) is 5.10. The summed E-state index contributed by atoms with van der Waals surface area (Å²) < 4.78 is 5.34. The quantitative estimate of drug-likeness (QED) is 0.755. The second-order valence-electron chi connectivity index (χ2n) is 7.23. The summed E-state index contributed by atoms with van der Waals surface area (Å²) in [6, 6.07) is 2.23. The summed E-state index contributed by atoms with van der Waals surface area (Å²) in [6.45, 7) is 6.70. The summed E-state index contributed by atoms with van der Waals surface area (Å²) in [5, 5.41) is 6.49. The lowest BCUT2D eigenvalue weighted by atomic mass is 10.1. The summed E-state index contributed by atoms with van der Waals surface area (Å²) in [5.74, 6) is 1.26. The van der Waals surface area contributed by atoms with Gasteiger partial charge in [0.15, 0.2) is 0 Å². The first-order valence-electron chi connectivity index (χ1n) is 9.91. The molecule has 0 bridgehead atoms. The Morgan fingerprint density at radius 2 is 1.92 bits per heavy atom. The molecule has 7 heteroatoms. The lowest BCUT2D eigenvalue weighted by Gasteiger charge is -2.26. The minimum atomic E-state index is -0.132. The standard InChI is InChI=1S/C19H31N5O2/c1-15-21-17(19(25)20-8-9-24-10-12-26-13-11-24)14-18(22-15)23-16-6-4-2-3-5-7-16/h14,16H,2-13H2,1H3,(H,20,25)(H,21,22,23). The summed E-state index contributed by atoms with van der Waals surface area (Å²) in [4.78, 5) is 23.5. The van der Waals surface area contributed by atoms with E-state index < -0.39 is 0 Å². The van der Waals surface area contributed by atoms with Crippen LogP contribution in [0.3, 0.4) is 0 Å². The van der Waals surface area contributed by atoms with E-state index in [4.69, 9.17) is 4.74 Å². The molecule has 1 saturated heterocycles. The number of aryl methyl sites for hydroxylation is 1. The summed E-state index contributed by atoms with van der Waals surface area (Å²) in [7, 11) is 0. The Labute approximate surface area is 155 Å². The highest BCUT2D eigenvalue weighted by Crippen LogP contribution is 2.20. The topological polar surface area (TPSA) is 79.4 Å². The number of nitrogens with zero attached hydrogens (tertiary/aromatic N) is 3. The van der Waals surface area contributed by atoms with E-state index in [1.807, 2.05) is 6.92 Å². The van der Waals surface area contributed by atoms with Crippen molar-refractivity contribution in [2.24, 2.45) is 0 Å². The van der Waals surface area contributed by atoms with Crippen LogP contribution < -0.4 is 10.6 Å². The van der Waals surface area contributed by atoms with E-state index >= 15 is 0 Å². The maximum Gasteiger partial charge on any atom is 0.270 e. The maximum absolute atomic E-state index is 12.5. The molecule has 144 valence electrons. The van der Waals surface area contributed by atoms with E-state index in [9.17, 15) is 4.79 Å². The van der Waals surface area contributed by atoms with Crippen molar-refractivity contribution in [2.75, 3.05) is 44.7 Å². The van der Waals surface area contributed by atoms with Gasteiger partial charge in [-0.1, -0.05) is 25.7 Å². The number of ether oxygens (including phenoxy) is 1. The average Bonchev–Trinajstić information content (AvgIpc) is 2.91. The SMILES string of the molecule is Cc1nc(NC2CCCCCC2)cc(C(=O)NCCN2CCOCC2)n1. The Balaban J connectivity index is 1.52. The Morgan fingerprint density at radius 1 is 1.19 bits per heavy atom. The van der Waals surface area contributed by atoms with Crippen LogP contribution in [-0.2, 0) is 4.74 Å². The Hall–Kier alpha value is -1.73. The van der Waals surface area contributed by atoms with Gasteiger partial charge in [0, 0.05) is 38.3 Å². The van der Waals surface area contributed by atoms with Crippen molar-refractivity contribution in [3.63, 3.8) is 0 Å². The molecule has 26 heavy (non-hydrogen) atoms. The van der Waals surface area contributed by atoms with Crippen molar-refractivity contribution in [1.29, 1.82) is 0 Å². The number of amides is 1. The van der Waals surface area contributed by atoms with Crippen molar-refractivity contribution in [3.8, 4) is 0 Å². The van der Waals surface area contributed by atoms with E-state index in [0.717, 1.165) is 38.7 Å². The molecular formula is C19H31N5O2. The van der Waals surface area contributed by atoms with Crippen LogP contribution in [0, 0.1) is 6.92 Å². The van der Waals surface area contributed by atoms with Crippen molar-refractivity contribution in [2.45, 2.75) is 51.5 Å². The zero-order valence-corrected chi connectivity index (χ0v) is 15.8. The first-order valence-corrected chi connectivity index (χ1v) is 9.91. The Kier molecular flexibility index (Phi) is 7.20. The van der Waals surface area contributed by atoms with Crippen LogP contribution in [0.5, 0.6) is 0 Å². The molecule has 1 aliphatic carbocycles. The number of anilines is 1. The molecule has 7 nitrogen and oxygen atoms in total. The highest BCUT2D eigenvalue weighted by molar-refractivity contribution is 5.92. The van der Waals surface area contributed by atoms with Crippen LogP contribution in [0.2, 0.25) is 0 Å². The normalized spacial score (nSPS) is 19.7. The van der Waals surface area contributed by atoms with Gasteiger partial charge in [-0.25, -0.2) is 9.97 Å². The summed E-state index contributed by atoms with van der Waals surface area (Å²) in [6.07, 6.45) is 7.50. The molecule has 1 aliphatic heterocycles. The number of rotatable bonds is 6. The highest BCUT2D eigenvalue weighted by atomic mass is 16.5. The lowest BCUT2D eigenvalue weighted by Crippen LogP contribution is -2.41. The molecule has 0 atom stereocenters. The summed E-state index contributed by atoms with van der Waals surface area (Å²) in [5.41, 5.74) is 0.440. The predicted molar refractivity (Wildman–Crippen MR) is 101 cm³/mol. The van der Waals surface area contributed by atoms with Gasteiger partial charge in [-0.3, -0.25) is 9.69 Å². The molecule has 0 unspecified atom stereocenters. The fraction of sp³-hybridized carbons (Fsp3) is 0.737. The van der Waals surface area contributed by atoms with Crippen LogP contribution in [0.1, 0.15) is 54.8 Å². The average molecular weight is 361 g/mol. The van der Waals surface area contributed by atoms with Gasteiger partial charge in [0.25, 0.3) is 5.91 Å². The van der Waals surface area contributed by atoms with Crippen molar-refractivity contribution >= 4 is 11.7 Å². The number of carbonyl (C=O) groups is 1. The largest absolute Gasteiger partial charge is 0.379 e. The number of hydrogen-bond acceptors (Lipinski definition) is 6. The fourth-order valence-electron chi connectivity index (χ4n) is 3.63. The Morgan fingerprint density at radius 3 is 2.65 bits per heavy atom. The molecule has 3 rings (SSSR count). The summed E-state index contributed by atoms with van der Waals surface area (Å²) >= 11 is 0. The molecule has 2 N–H and O–H groups in total. The molecule has 2 fully saturated rings.